The lowest BCUT2D eigenvalue weighted by molar-refractivity contribution is -0.892. The first kappa shape index (κ1) is 15.8. The van der Waals surface area contributed by atoms with Gasteiger partial charge in [0.05, 0.1) is 20.7 Å². The fraction of sp³-hybridized carbons (Fsp3) is 0.333. The summed E-state index contributed by atoms with van der Waals surface area (Å²) in [4.78, 5) is 1.44. The topological polar surface area (TPSA) is 13.7 Å². The predicted octanol–water partition coefficient (Wildman–Crippen LogP) is 3.30. The maximum absolute atomic E-state index is 6.14. The summed E-state index contributed by atoms with van der Waals surface area (Å²) in [6.07, 6.45) is 7.72. The summed E-state index contributed by atoms with van der Waals surface area (Å²) in [7, 11) is 4.43. The van der Waals surface area contributed by atoms with Crippen molar-refractivity contribution in [2.24, 2.45) is 0 Å². The van der Waals surface area contributed by atoms with E-state index in [0.717, 1.165) is 31.6 Å². The number of benzene rings is 2. The van der Waals surface area contributed by atoms with Crippen molar-refractivity contribution in [3.63, 3.8) is 0 Å². The zero-order valence-corrected chi connectivity index (χ0v) is 14.1. The minimum atomic E-state index is 0.464. The number of hydrogen-bond acceptors (Lipinski definition) is 1. The number of aryl methyl sites for hydroxylation is 1. The van der Waals surface area contributed by atoms with Crippen LogP contribution >= 0.6 is 0 Å². The van der Waals surface area contributed by atoms with Crippen LogP contribution in [-0.2, 0) is 6.42 Å². The first-order valence-corrected chi connectivity index (χ1v) is 8.52. The van der Waals surface area contributed by atoms with E-state index in [1.807, 2.05) is 0 Å². The second-order valence-electron chi connectivity index (χ2n) is 6.45. The van der Waals surface area contributed by atoms with Crippen molar-refractivity contribution in [2.45, 2.75) is 25.3 Å². The molecule has 120 valence electrons. The largest absolute Gasteiger partial charge is 0.493 e. The van der Waals surface area contributed by atoms with Crippen molar-refractivity contribution >= 4 is 6.08 Å². The van der Waals surface area contributed by atoms with Gasteiger partial charge in [-0.25, -0.2) is 0 Å². The summed E-state index contributed by atoms with van der Waals surface area (Å²) in [5.74, 6) is 1.03. The third kappa shape index (κ3) is 3.83. The van der Waals surface area contributed by atoms with Gasteiger partial charge < -0.3 is 9.64 Å². The molecule has 0 bridgehead atoms. The molecular formula is C21H26NO+. The van der Waals surface area contributed by atoms with Crippen molar-refractivity contribution < 1.29 is 9.64 Å². The fourth-order valence-corrected chi connectivity index (χ4v) is 3.32. The van der Waals surface area contributed by atoms with Crippen LogP contribution in [0.5, 0.6) is 5.75 Å². The van der Waals surface area contributed by atoms with Gasteiger partial charge in [-0.2, -0.15) is 0 Å². The van der Waals surface area contributed by atoms with Crippen LogP contribution in [0.15, 0.2) is 54.6 Å². The van der Waals surface area contributed by atoms with E-state index in [-0.39, 0.29) is 0 Å². The Kier molecular flexibility index (Phi) is 5.14. The third-order valence-corrected chi connectivity index (χ3v) is 4.58. The van der Waals surface area contributed by atoms with E-state index in [4.69, 9.17) is 4.74 Å². The molecule has 2 heteroatoms. The second-order valence-corrected chi connectivity index (χ2v) is 6.45. The lowest BCUT2D eigenvalue weighted by Crippen LogP contribution is -3.06. The highest BCUT2D eigenvalue weighted by molar-refractivity contribution is 5.63. The number of hydrogen-bond donors (Lipinski definition) is 1. The van der Waals surface area contributed by atoms with Gasteiger partial charge in [0.2, 0.25) is 0 Å². The molecule has 2 nitrogen and oxygen atoms in total. The fourth-order valence-electron chi connectivity index (χ4n) is 3.32. The molecule has 0 radical (unpaired) electrons. The van der Waals surface area contributed by atoms with Crippen LogP contribution in [0.2, 0.25) is 0 Å². The van der Waals surface area contributed by atoms with Crippen LogP contribution in [0.1, 0.15) is 35.6 Å². The molecule has 0 amide bonds. The van der Waals surface area contributed by atoms with E-state index < -0.39 is 0 Å². The number of fused-ring (bicyclic) bond motifs is 1. The number of nitrogens with one attached hydrogen (secondary N) is 1. The Hall–Kier alpha value is -2.06. The van der Waals surface area contributed by atoms with Gasteiger partial charge in [0.25, 0.3) is 0 Å². The molecule has 0 heterocycles. The standard InChI is InChI=1S/C21H25NO/c1-22(2)20(18-10-4-3-5-11-18)15-16-23-21-14-8-12-17-9-6-7-13-19(17)21/h3-5,7-8,10-14,20H,6,9,15-16H2,1-2H3/p+1/t20-/m0/s1. The summed E-state index contributed by atoms with van der Waals surface area (Å²) >= 11 is 0. The maximum atomic E-state index is 6.14. The highest BCUT2D eigenvalue weighted by Gasteiger charge is 2.18. The Morgan fingerprint density at radius 1 is 1.04 bits per heavy atom. The molecule has 0 spiro atoms. The summed E-state index contributed by atoms with van der Waals surface area (Å²) in [5.41, 5.74) is 4.06. The molecule has 1 aliphatic carbocycles. The van der Waals surface area contributed by atoms with E-state index in [0.29, 0.717) is 6.04 Å². The Morgan fingerprint density at radius 3 is 2.65 bits per heavy atom. The monoisotopic (exact) mass is 308 g/mol. The van der Waals surface area contributed by atoms with Gasteiger partial charge in [0.15, 0.2) is 0 Å². The van der Waals surface area contributed by atoms with Crippen molar-refractivity contribution in [1.82, 2.24) is 0 Å². The van der Waals surface area contributed by atoms with Gasteiger partial charge in [-0.15, -0.1) is 0 Å². The van der Waals surface area contributed by atoms with E-state index in [2.05, 4.69) is 74.8 Å². The normalized spacial score (nSPS) is 14.6. The lowest BCUT2D eigenvalue weighted by atomic mass is 9.97. The minimum Gasteiger partial charge on any atom is -0.493 e. The van der Waals surface area contributed by atoms with Crippen molar-refractivity contribution in [3.8, 4) is 5.75 Å². The number of quaternary nitrogens is 1. The van der Waals surface area contributed by atoms with E-state index in [1.165, 1.54) is 21.6 Å². The first-order valence-electron chi connectivity index (χ1n) is 8.52. The first-order chi connectivity index (χ1) is 11.3. The van der Waals surface area contributed by atoms with E-state index in [1.54, 1.807) is 0 Å². The maximum Gasteiger partial charge on any atom is 0.126 e. The molecule has 1 aliphatic rings. The van der Waals surface area contributed by atoms with Crippen molar-refractivity contribution in [1.29, 1.82) is 0 Å². The van der Waals surface area contributed by atoms with Crippen LogP contribution in [0.4, 0.5) is 0 Å². The van der Waals surface area contributed by atoms with Crippen LogP contribution in [0, 0.1) is 0 Å². The van der Waals surface area contributed by atoms with Crippen LogP contribution in [0.3, 0.4) is 0 Å². The van der Waals surface area contributed by atoms with E-state index in [9.17, 15) is 0 Å². The summed E-state index contributed by atoms with van der Waals surface area (Å²) in [6.45, 7) is 0.745. The van der Waals surface area contributed by atoms with Crippen molar-refractivity contribution in [3.05, 3.63) is 71.3 Å². The molecule has 23 heavy (non-hydrogen) atoms. The molecule has 1 atom stereocenters. The minimum absolute atomic E-state index is 0.464. The molecule has 0 saturated carbocycles. The predicted molar refractivity (Wildman–Crippen MR) is 95.9 cm³/mol. The number of ether oxygens (including phenoxy) is 1. The van der Waals surface area contributed by atoms with Gasteiger partial charge in [-0.05, 0) is 24.5 Å². The van der Waals surface area contributed by atoms with E-state index >= 15 is 0 Å². The molecular weight excluding hydrogens is 282 g/mol. The van der Waals surface area contributed by atoms with Crippen LogP contribution < -0.4 is 9.64 Å². The molecule has 0 aliphatic heterocycles. The molecule has 2 aromatic carbocycles. The van der Waals surface area contributed by atoms with Gasteiger partial charge in [-0.1, -0.05) is 54.6 Å². The molecule has 1 N–H and O–H groups in total. The summed E-state index contributed by atoms with van der Waals surface area (Å²) in [6, 6.07) is 17.6. The average molecular weight is 308 g/mol. The molecule has 2 aromatic rings. The highest BCUT2D eigenvalue weighted by Crippen LogP contribution is 2.28. The SMILES string of the molecule is C[NH+](C)[C@@H](CCOc1cccc2c1C=CCC2)c1ccccc1. The zero-order valence-electron chi connectivity index (χ0n) is 14.1. The van der Waals surface area contributed by atoms with Gasteiger partial charge in [-0.3, -0.25) is 0 Å². The smallest absolute Gasteiger partial charge is 0.126 e. The lowest BCUT2D eigenvalue weighted by Gasteiger charge is -2.22. The summed E-state index contributed by atoms with van der Waals surface area (Å²) < 4.78 is 6.14. The molecule has 0 saturated heterocycles. The number of allylic oxidation sites excluding steroid dienone is 1. The Labute approximate surface area is 139 Å². The van der Waals surface area contributed by atoms with Gasteiger partial charge in [0, 0.05) is 17.5 Å². The molecule has 0 fully saturated rings. The third-order valence-electron chi connectivity index (χ3n) is 4.58. The zero-order chi connectivity index (χ0) is 16.1. The second kappa shape index (κ2) is 7.47. The Balaban J connectivity index is 1.66. The number of rotatable bonds is 6. The quantitative estimate of drug-likeness (QED) is 0.864. The average Bonchev–Trinajstić information content (AvgIpc) is 2.59. The molecule has 3 rings (SSSR count). The van der Waals surface area contributed by atoms with Gasteiger partial charge >= 0.3 is 0 Å². The van der Waals surface area contributed by atoms with Crippen LogP contribution in [0.25, 0.3) is 6.08 Å². The Bertz CT molecular complexity index is 661. The van der Waals surface area contributed by atoms with Gasteiger partial charge in [0.1, 0.15) is 11.8 Å². The Morgan fingerprint density at radius 2 is 1.87 bits per heavy atom. The molecule has 0 unspecified atom stereocenters. The summed E-state index contributed by atoms with van der Waals surface area (Å²) in [5, 5.41) is 0. The van der Waals surface area contributed by atoms with Crippen molar-refractivity contribution in [2.75, 3.05) is 20.7 Å². The molecule has 0 aromatic heterocycles. The van der Waals surface area contributed by atoms with Crippen LogP contribution in [-0.4, -0.2) is 20.7 Å². The highest BCUT2D eigenvalue weighted by atomic mass is 16.5.